The molecule has 1 aliphatic carbocycles. The fourth-order valence-electron chi connectivity index (χ4n) is 4.57. The van der Waals surface area contributed by atoms with Crippen LogP contribution in [0, 0.1) is 0 Å². The topological polar surface area (TPSA) is 31.4 Å². The summed E-state index contributed by atoms with van der Waals surface area (Å²) in [4.78, 5) is 9.18. The van der Waals surface area contributed by atoms with Crippen LogP contribution >= 0.6 is 12.2 Å². The highest BCUT2D eigenvalue weighted by Crippen LogP contribution is 2.20. The Bertz CT molecular complexity index is 557. The number of rotatable bonds is 6. The maximum Gasteiger partial charge on any atom is 0.169 e. The van der Waals surface area contributed by atoms with Gasteiger partial charge < -0.3 is 10.2 Å². The normalized spacial score (nSPS) is 22.2. The number of pyridine rings is 1. The van der Waals surface area contributed by atoms with Crippen LogP contribution in [0.25, 0.3) is 0 Å². The summed E-state index contributed by atoms with van der Waals surface area (Å²) >= 11 is 5.92. The largest absolute Gasteiger partial charge is 0.360 e. The molecule has 1 aliphatic heterocycles. The molecule has 2 heterocycles. The first-order valence-corrected chi connectivity index (χ1v) is 11.4. The Morgan fingerprint density at radius 1 is 1.11 bits per heavy atom. The van der Waals surface area contributed by atoms with Gasteiger partial charge in [0.15, 0.2) is 5.11 Å². The molecule has 2 aliphatic rings. The molecule has 150 valence electrons. The lowest BCUT2D eigenvalue weighted by molar-refractivity contribution is 0.218. The van der Waals surface area contributed by atoms with E-state index in [0.29, 0.717) is 12.1 Å². The summed E-state index contributed by atoms with van der Waals surface area (Å²) in [6.45, 7) is 6.53. The minimum absolute atomic E-state index is 0.545. The van der Waals surface area contributed by atoms with E-state index in [1.807, 2.05) is 12.4 Å². The molecule has 1 saturated carbocycles. The van der Waals surface area contributed by atoms with Gasteiger partial charge in [0.25, 0.3) is 0 Å². The highest BCUT2D eigenvalue weighted by atomic mass is 32.1. The molecule has 0 spiro atoms. The Balaban J connectivity index is 1.64. The lowest BCUT2D eigenvalue weighted by Gasteiger charge is -2.34. The number of hydrogen-bond acceptors (Lipinski definition) is 3. The number of likely N-dealkylation sites (tertiary alicyclic amines) is 1. The highest BCUT2D eigenvalue weighted by molar-refractivity contribution is 7.80. The first-order chi connectivity index (χ1) is 13.3. The van der Waals surface area contributed by atoms with Gasteiger partial charge in [0.2, 0.25) is 0 Å². The van der Waals surface area contributed by atoms with E-state index in [2.05, 4.69) is 39.2 Å². The molecule has 1 N–H and O–H groups in total. The lowest BCUT2D eigenvalue weighted by atomic mass is 9.97. The maximum atomic E-state index is 5.92. The molecule has 1 aromatic heterocycles. The monoisotopic (exact) mass is 388 g/mol. The molecule has 1 unspecified atom stereocenters. The van der Waals surface area contributed by atoms with Crippen LogP contribution in [0.5, 0.6) is 0 Å². The quantitative estimate of drug-likeness (QED) is 0.732. The Morgan fingerprint density at radius 3 is 2.52 bits per heavy atom. The SMILES string of the molecule is CCN1CCCC1CN(Cc1ccncc1)C(=S)NC1CCCCCCC1. The smallest absolute Gasteiger partial charge is 0.169 e. The van der Waals surface area contributed by atoms with Crippen LogP contribution in [0.2, 0.25) is 0 Å². The fourth-order valence-corrected chi connectivity index (χ4v) is 4.87. The molecule has 3 rings (SSSR count). The molecular weight excluding hydrogens is 352 g/mol. The summed E-state index contributed by atoms with van der Waals surface area (Å²) < 4.78 is 0. The van der Waals surface area contributed by atoms with Crippen LogP contribution in [-0.2, 0) is 6.54 Å². The van der Waals surface area contributed by atoms with Crippen LogP contribution in [0.3, 0.4) is 0 Å². The molecular formula is C22H36N4S. The number of thiocarbonyl (C=S) groups is 1. The van der Waals surface area contributed by atoms with E-state index in [4.69, 9.17) is 12.2 Å². The summed E-state index contributed by atoms with van der Waals surface area (Å²) in [5, 5.41) is 4.68. The van der Waals surface area contributed by atoms with Crippen LogP contribution < -0.4 is 5.32 Å². The zero-order valence-electron chi connectivity index (χ0n) is 16.9. The van der Waals surface area contributed by atoms with Gasteiger partial charge in [-0.05, 0) is 68.7 Å². The Kier molecular flexibility index (Phi) is 8.34. The summed E-state index contributed by atoms with van der Waals surface area (Å²) in [5.41, 5.74) is 1.29. The highest BCUT2D eigenvalue weighted by Gasteiger charge is 2.27. The van der Waals surface area contributed by atoms with Gasteiger partial charge in [-0.2, -0.15) is 0 Å². The first kappa shape index (κ1) is 20.5. The molecule has 1 atom stereocenters. The van der Waals surface area contributed by atoms with Gasteiger partial charge in [0.05, 0.1) is 0 Å². The van der Waals surface area contributed by atoms with Crippen molar-refractivity contribution in [1.82, 2.24) is 20.1 Å². The number of nitrogens with zero attached hydrogens (tertiary/aromatic N) is 3. The van der Waals surface area contributed by atoms with E-state index in [-0.39, 0.29) is 0 Å². The molecule has 1 saturated heterocycles. The molecule has 0 amide bonds. The third-order valence-electron chi connectivity index (χ3n) is 6.18. The van der Waals surface area contributed by atoms with Crippen molar-refractivity contribution < 1.29 is 0 Å². The predicted octanol–water partition coefficient (Wildman–Crippen LogP) is 4.36. The van der Waals surface area contributed by atoms with Crippen molar-refractivity contribution in [3.63, 3.8) is 0 Å². The third kappa shape index (κ3) is 6.42. The second kappa shape index (κ2) is 11.0. The van der Waals surface area contributed by atoms with Crippen LogP contribution in [-0.4, -0.2) is 51.6 Å². The van der Waals surface area contributed by atoms with E-state index < -0.39 is 0 Å². The molecule has 2 fully saturated rings. The molecule has 0 radical (unpaired) electrons. The van der Waals surface area contributed by atoms with E-state index >= 15 is 0 Å². The number of likely N-dealkylation sites (N-methyl/N-ethyl adjacent to an activating group) is 1. The van der Waals surface area contributed by atoms with E-state index in [0.717, 1.165) is 24.7 Å². The number of hydrogen-bond donors (Lipinski definition) is 1. The zero-order valence-corrected chi connectivity index (χ0v) is 17.7. The van der Waals surface area contributed by atoms with Gasteiger partial charge in [-0.15, -0.1) is 0 Å². The van der Waals surface area contributed by atoms with Crippen molar-refractivity contribution in [3.8, 4) is 0 Å². The molecule has 5 heteroatoms. The standard InChI is InChI=1S/C22H36N4S/c1-2-25-16-8-11-21(25)18-26(17-19-12-14-23-15-13-19)22(27)24-20-9-6-4-3-5-7-10-20/h12-15,20-21H,2-11,16-18H2,1H3,(H,24,27). The van der Waals surface area contributed by atoms with Crippen LogP contribution in [0.4, 0.5) is 0 Å². The Labute approximate surface area is 170 Å². The molecule has 1 aromatic rings. The van der Waals surface area contributed by atoms with Gasteiger partial charge in [-0.25, -0.2) is 0 Å². The number of aromatic nitrogens is 1. The van der Waals surface area contributed by atoms with Crippen molar-refractivity contribution in [2.45, 2.75) is 83.3 Å². The number of nitrogens with one attached hydrogen (secondary N) is 1. The molecule has 27 heavy (non-hydrogen) atoms. The van der Waals surface area contributed by atoms with E-state index in [1.165, 1.54) is 69.9 Å². The lowest BCUT2D eigenvalue weighted by Crippen LogP contribution is -2.49. The van der Waals surface area contributed by atoms with Crippen molar-refractivity contribution in [1.29, 1.82) is 0 Å². The fraction of sp³-hybridized carbons (Fsp3) is 0.727. The summed E-state index contributed by atoms with van der Waals surface area (Å²) in [5.74, 6) is 0. The second-order valence-corrected chi connectivity index (χ2v) is 8.54. The van der Waals surface area contributed by atoms with Crippen molar-refractivity contribution in [3.05, 3.63) is 30.1 Å². The average Bonchev–Trinajstić information content (AvgIpc) is 3.11. The van der Waals surface area contributed by atoms with E-state index in [1.54, 1.807) is 0 Å². The van der Waals surface area contributed by atoms with Crippen LogP contribution in [0.1, 0.15) is 70.3 Å². The summed E-state index contributed by atoms with van der Waals surface area (Å²) in [7, 11) is 0. The molecule has 0 aromatic carbocycles. The molecule has 0 bridgehead atoms. The van der Waals surface area contributed by atoms with Gasteiger partial charge in [-0.3, -0.25) is 9.88 Å². The van der Waals surface area contributed by atoms with Gasteiger partial charge >= 0.3 is 0 Å². The first-order valence-electron chi connectivity index (χ1n) is 10.9. The average molecular weight is 389 g/mol. The minimum atomic E-state index is 0.545. The Morgan fingerprint density at radius 2 is 1.81 bits per heavy atom. The van der Waals surface area contributed by atoms with Crippen molar-refractivity contribution >= 4 is 17.3 Å². The van der Waals surface area contributed by atoms with E-state index in [9.17, 15) is 0 Å². The summed E-state index contributed by atoms with van der Waals surface area (Å²) in [6, 6.07) is 5.38. The van der Waals surface area contributed by atoms with Crippen LogP contribution in [0.15, 0.2) is 24.5 Å². The van der Waals surface area contributed by atoms with Gasteiger partial charge in [0.1, 0.15) is 0 Å². The van der Waals surface area contributed by atoms with Crippen molar-refractivity contribution in [2.24, 2.45) is 0 Å². The van der Waals surface area contributed by atoms with Gasteiger partial charge in [0, 0.05) is 37.6 Å². The van der Waals surface area contributed by atoms with Gasteiger partial charge in [-0.1, -0.05) is 39.0 Å². The molecule has 4 nitrogen and oxygen atoms in total. The minimum Gasteiger partial charge on any atom is -0.360 e. The predicted molar refractivity (Wildman–Crippen MR) is 117 cm³/mol. The zero-order chi connectivity index (χ0) is 18.9. The Hall–Kier alpha value is -1.20. The maximum absolute atomic E-state index is 5.92. The summed E-state index contributed by atoms with van der Waals surface area (Å²) in [6.07, 6.45) is 15.7. The van der Waals surface area contributed by atoms with Crippen molar-refractivity contribution in [2.75, 3.05) is 19.6 Å². The second-order valence-electron chi connectivity index (χ2n) is 8.15. The third-order valence-corrected chi connectivity index (χ3v) is 6.56.